The molecule has 5 heteroatoms. The Morgan fingerprint density at radius 2 is 1.41 bits per heavy atom. The maximum absolute atomic E-state index is 12.9. The summed E-state index contributed by atoms with van der Waals surface area (Å²) in [6.07, 6.45) is 15.3. The zero-order chi connectivity index (χ0) is 20.2. The van der Waals surface area contributed by atoms with E-state index in [1.165, 1.54) is 43.6 Å². The average Bonchev–Trinajstić information content (AvgIpc) is 2.84. The van der Waals surface area contributed by atoms with Crippen LogP contribution in [-0.4, -0.2) is 34.0 Å². The number of rotatable bonds is 16. The second-order valence-electron chi connectivity index (χ2n) is 8.87. The number of carboxylic acids is 1. The van der Waals surface area contributed by atoms with Crippen molar-refractivity contribution in [1.29, 1.82) is 0 Å². The number of carboxylic acid groups (broad SMARTS) is 1. The van der Waals surface area contributed by atoms with Crippen LogP contribution in [0.2, 0.25) is 0 Å². The van der Waals surface area contributed by atoms with Gasteiger partial charge in [-0.2, -0.15) is 0 Å². The molecule has 1 saturated heterocycles. The summed E-state index contributed by atoms with van der Waals surface area (Å²) in [5, 5.41) is 22.8. The highest BCUT2D eigenvalue weighted by Gasteiger charge is 2.45. The Morgan fingerprint density at radius 1 is 0.926 bits per heavy atom. The van der Waals surface area contributed by atoms with Crippen molar-refractivity contribution in [3.8, 4) is 0 Å². The first kappa shape index (κ1) is 24.4. The lowest BCUT2D eigenvalue weighted by molar-refractivity contribution is -0.137. The molecule has 0 radical (unpaired) electrons. The molecule has 0 aromatic carbocycles. The van der Waals surface area contributed by atoms with Crippen LogP contribution in [0.4, 0.5) is 0 Å². The Bertz CT molecular complexity index is 413. The van der Waals surface area contributed by atoms with Gasteiger partial charge in [0, 0.05) is 12.0 Å². The smallest absolute Gasteiger partial charge is 0.303 e. The van der Waals surface area contributed by atoms with E-state index >= 15 is 0 Å². The number of unbranched alkanes of at least 4 members (excludes halogenated alkanes) is 10. The van der Waals surface area contributed by atoms with Crippen molar-refractivity contribution in [3.05, 3.63) is 5.21 Å². The molecular formula is C22H42NO4-. The lowest BCUT2D eigenvalue weighted by Gasteiger charge is -2.48. The van der Waals surface area contributed by atoms with Crippen LogP contribution in [-0.2, 0) is 9.53 Å². The third kappa shape index (κ3) is 8.93. The van der Waals surface area contributed by atoms with Gasteiger partial charge in [-0.3, -0.25) is 4.79 Å². The van der Waals surface area contributed by atoms with E-state index in [0.717, 1.165) is 51.4 Å². The summed E-state index contributed by atoms with van der Waals surface area (Å²) in [5.74, 6) is -0.691. The minimum atomic E-state index is -0.691. The lowest BCUT2D eigenvalue weighted by atomic mass is 9.95. The first-order valence-electron chi connectivity index (χ1n) is 11.2. The van der Waals surface area contributed by atoms with E-state index in [9.17, 15) is 10.0 Å². The normalized spacial score (nSPS) is 22.4. The Morgan fingerprint density at radius 3 is 1.85 bits per heavy atom. The van der Waals surface area contributed by atoms with Crippen molar-refractivity contribution < 1.29 is 14.6 Å². The molecule has 1 heterocycles. The quantitative estimate of drug-likeness (QED) is 0.318. The molecule has 160 valence electrons. The van der Waals surface area contributed by atoms with E-state index in [4.69, 9.17) is 9.84 Å². The highest BCUT2D eigenvalue weighted by molar-refractivity contribution is 5.66. The molecule has 1 fully saturated rings. The largest absolute Gasteiger partial charge is 0.783 e. The van der Waals surface area contributed by atoms with Crippen molar-refractivity contribution in [2.75, 3.05) is 6.61 Å². The van der Waals surface area contributed by atoms with Gasteiger partial charge in [0.2, 0.25) is 0 Å². The molecule has 0 aromatic rings. The van der Waals surface area contributed by atoms with Gasteiger partial charge in [-0.05, 0) is 46.0 Å². The molecule has 0 aromatic heterocycles. The number of carbonyl (C=O) groups is 1. The standard InChI is InChI=1S/C22H42NO4/c1-4-5-6-14-17-22(23(26)21(2,3)19-27-22)18-15-12-10-8-7-9-11-13-16-20(24)25/h4-19H2,1-3H3,(H,24,25)/q-1. The molecular weight excluding hydrogens is 342 g/mol. The monoisotopic (exact) mass is 384 g/mol. The third-order valence-corrected chi connectivity index (χ3v) is 5.74. The summed E-state index contributed by atoms with van der Waals surface area (Å²) in [7, 11) is 0. The van der Waals surface area contributed by atoms with E-state index in [2.05, 4.69) is 6.92 Å². The number of ether oxygens (including phenoxy) is 1. The topological polar surface area (TPSA) is 72.8 Å². The molecule has 0 aliphatic carbocycles. The zero-order valence-corrected chi connectivity index (χ0v) is 17.9. The van der Waals surface area contributed by atoms with Crippen LogP contribution in [0, 0.1) is 5.21 Å². The summed E-state index contributed by atoms with van der Waals surface area (Å²) in [5.41, 5.74) is -1.02. The molecule has 0 amide bonds. The first-order valence-corrected chi connectivity index (χ1v) is 11.2. The van der Waals surface area contributed by atoms with Gasteiger partial charge in [0.1, 0.15) is 5.72 Å². The van der Waals surface area contributed by atoms with E-state index in [-0.39, 0.29) is 0 Å². The fraction of sp³-hybridized carbons (Fsp3) is 0.955. The van der Waals surface area contributed by atoms with Gasteiger partial charge in [-0.15, -0.1) is 0 Å². The minimum absolute atomic E-state index is 0.294. The summed E-state index contributed by atoms with van der Waals surface area (Å²) in [4.78, 5) is 10.5. The van der Waals surface area contributed by atoms with Crippen molar-refractivity contribution in [3.63, 3.8) is 0 Å². The van der Waals surface area contributed by atoms with Crippen molar-refractivity contribution >= 4 is 5.97 Å². The van der Waals surface area contributed by atoms with E-state index < -0.39 is 17.2 Å². The van der Waals surface area contributed by atoms with Gasteiger partial charge < -0.3 is 20.1 Å². The zero-order valence-electron chi connectivity index (χ0n) is 17.9. The number of hydrogen-bond donors (Lipinski definition) is 1. The van der Waals surface area contributed by atoms with Crippen molar-refractivity contribution in [1.82, 2.24) is 5.06 Å². The van der Waals surface area contributed by atoms with Gasteiger partial charge in [-0.1, -0.05) is 64.7 Å². The second kappa shape index (κ2) is 12.7. The van der Waals surface area contributed by atoms with Crippen LogP contribution in [0.1, 0.15) is 117 Å². The number of aliphatic carboxylic acids is 1. The molecule has 1 aliphatic rings. The fourth-order valence-corrected chi connectivity index (χ4v) is 4.02. The van der Waals surface area contributed by atoms with Crippen LogP contribution in [0.15, 0.2) is 0 Å². The number of hydrogen-bond acceptors (Lipinski definition) is 4. The van der Waals surface area contributed by atoms with E-state index in [1.807, 2.05) is 13.8 Å². The highest BCUT2D eigenvalue weighted by Crippen LogP contribution is 2.41. The predicted octanol–water partition coefficient (Wildman–Crippen LogP) is 6.25. The molecule has 0 saturated carbocycles. The third-order valence-electron chi connectivity index (χ3n) is 5.74. The van der Waals surface area contributed by atoms with Gasteiger partial charge in [0.05, 0.1) is 6.61 Å². The van der Waals surface area contributed by atoms with Crippen LogP contribution in [0.3, 0.4) is 0 Å². The van der Waals surface area contributed by atoms with Gasteiger partial charge in [-0.25, -0.2) is 0 Å². The van der Waals surface area contributed by atoms with Crippen LogP contribution in [0.5, 0.6) is 0 Å². The molecule has 1 aliphatic heterocycles. The maximum atomic E-state index is 12.9. The van der Waals surface area contributed by atoms with Gasteiger partial charge >= 0.3 is 5.97 Å². The fourth-order valence-electron chi connectivity index (χ4n) is 4.02. The van der Waals surface area contributed by atoms with Crippen LogP contribution >= 0.6 is 0 Å². The minimum Gasteiger partial charge on any atom is -0.783 e. The van der Waals surface area contributed by atoms with Gasteiger partial charge in [0.25, 0.3) is 0 Å². The number of hydroxylamine groups is 2. The Hall–Kier alpha value is -0.650. The molecule has 1 unspecified atom stereocenters. The Kier molecular flexibility index (Phi) is 11.5. The Labute approximate surface area is 166 Å². The summed E-state index contributed by atoms with van der Waals surface area (Å²) >= 11 is 0. The molecule has 0 spiro atoms. The lowest BCUT2D eigenvalue weighted by Crippen LogP contribution is -2.48. The molecule has 27 heavy (non-hydrogen) atoms. The van der Waals surface area contributed by atoms with E-state index in [1.54, 1.807) is 0 Å². The molecule has 0 bridgehead atoms. The van der Waals surface area contributed by atoms with Crippen LogP contribution in [0.25, 0.3) is 0 Å². The maximum Gasteiger partial charge on any atom is 0.303 e. The predicted molar refractivity (Wildman–Crippen MR) is 111 cm³/mol. The van der Waals surface area contributed by atoms with Gasteiger partial charge in [0.15, 0.2) is 0 Å². The average molecular weight is 385 g/mol. The molecule has 5 nitrogen and oxygen atoms in total. The summed E-state index contributed by atoms with van der Waals surface area (Å²) < 4.78 is 6.11. The van der Waals surface area contributed by atoms with Crippen molar-refractivity contribution in [2.24, 2.45) is 0 Å². The molecule has 1 rings (SSSR count). The summed E-state index contributed by atoms with van der Waals surface area (Å²) in [6.45, 7) is 6.70. The SMILES string of the molecule is CCCCCCC1(CCCCCCCCCCC(=O)O)OCC(C)(C)N1[O-]. The molecule has 1 atom stereocenters. The van der Waals surface area contributed by atoms with Crippen LogP contribution < -0.4 is 0 Å². The Balaban J connectivity index is 2.23. The summed E-state index contributed by atoms with van der Waals surface area (Å²) in [6, 6.07) is 0. The molecule has 1 N–H and O–H groups in total. The first-order chi connectivity index (χ1) is 12.8. The number of nitrogens with zero attached hydrogens (tertiary/aromatic N) is 1. The second-order valence-corrected chi connectivity index (χ2v) is 8.87. The van der Waals surface area contributed by atoms with Crippen molar-refractivity contribution in [2.45, 2.75) is 128 Å². The van der Waals surface area contributed by atoms with E-state index in [0.29, 0.717) is 13.0 Å². The highest BCUT2D eigenvalue weighted by atomic mass is 16.6.